The van der Waals surface area contributed by atoms with Gasteiger partial charge in [-0.1, -0.05) is 6.42 Å². The molecule has 17 heavy (non-hydrogen) atoms. The van der Waals surface area contributed by atoms with Gasteiger partial charge in [-0.3, -0.25) is 9.59 Å². The van der Waals surface area contributed by atoms with Crippen LogP contribution in [0.1, 0.15) is 38.5 Å². The minimum atomic E-state index is -0.277. The van der Waals surface area contributed by atoms with Gasteiger partial charge in [-0.15, -0.1) is 0 Å². The average molecular weight is 236 g/mol. The van der Waals surface area contributed by atoms with Gasteiger partial charge in [-0.25, -0.2) is 0 Å². The van der Waals surface area contributed by atoms with Crippen LogP contribution in [0.25, 0.3) is 0 Å². The van der Waals surface area contributed by atoms with Crippen LogP contribution < -0.4 is 10.6 Å². The highest BCUT2D eigenvalue weighted by molar-refractivity contribution is 5.89. The van der Waals surface area contributed by atoms with E-state index in [-0.39, 0.29) is 17.9 Å². The van der Waals surface area contributed by atoms with Crippen LogP contribution in [-0.4, -0.2) is 24.4 Å². The highest BCUT2D eigenvalue weighted by atomic mass is 16.2. The summed E-state index contributed by atoms with van der Waals surface area (Å²) in [6, 6.07) is -0.277. The zero-order valence-electron chi connectivity index (χ0n) is 10.1. The largest absolute Gasteiger partial charge is 0.354 e. The van der Waals surface area contributed by atoms with Crippen molar-refractivity contribution in [3.05, 3.63) is 0 Å². The van der Waals surface area contributed by atoms with E-state index in [1.54, 1.807) is 0 Å². The maximum Gasteiger partial charge on any atom is 0.242 e. The van der Waals surface area contributed by atoms with Gasteiger partial charge in [0.05, 0.1) is 0 Å². The van der Waals surface area contributed by atoms with Crippen LogP contribution in [0.3, 0.4) is 0 Å². The molecule has 4 heteroatoms. The number of hydrogen-bond donors (Lipinski definition) is 2. The first-order valence-corrected chi connectivity index (χ1v) is 6.79. The molecule has 0 aromatic rings. The minimum absolute atomic E-state index is 0.0220. The first-order chi connectivity index (χ1) is 8.22. The number of carbonyl (C=O) groups excluding carboxylic acids is 2. The Labute approximate surface area is 102 Å². The lowest BCUT2D eigenvalue weighted by molar-refractivity contribution is -0.128. The lowest BCUT2D eigenvalue weighted by Crippen LogP contribution is -2.41. The van der Waals surface area contributed by atoms with Gasteiger partial charge in [0.2, 0.25) is 11.8 Å². The molecular weight excluding hydrogens is 216 g/mol. The van der Waals surface area contributed by atoms with E-state index >= 15 is 0 Å². The quantitative estimate of drug-likeness (QED) is 0.762. The van der Waals surface area contributed by atoms with E-state index in [0.717, 1.165) is 18.3 Å². The van der Waals surface area contributed by atoms with E-state index < -0.39 is 0 Å². The molecule has 3 fully saturated rings. The fourth-order valence-corrected chi connectivity index (χ4v) is 3.85. The molecule has 2 amide bonds. The first kappa shape index (κ1) is 11.1. The Morgan fingerprint density at radius 1 is 1.29 bits per heavy atom. The molecule has 1 saturated heterocycles. The van der Waals surface area contributed by atoms with Gasteiger partial charge in [0.25, 0.3) is 0 Å². The van der Waals surface area contributed by atoms with Crippen LogP contribution in [-0.2, 0) is 9.59 Å². The highest BCUT2D eigenvalue weighted by Crippen LogP contribution is 2.49. The smallest absolute Gasteiger partial charge is 0.242 e. The Balaban J connectivity index is 1.49. The maximum atomic E-state index is 11.9. The molecule has 0 spiro atoms. The van der Waals surface area contributed by atoms with E-state index in [0.29, 0.717) is 18.9 Å². The number of rotatable bonds is 3. The van der Waals surface area contributed by atoms with Crippen LogP contribution in [0.4, 0.5) is 0 Å². The molecule has 4 atom stereocenters. The van der Waals surface area contributed by atoms with Gasteiger partial charge < -0.3 is 10.6 Å². The Bertz CT molecular complexity index is 342. The highest BCUT2D eigenvalue weighted by Gasteiger charge is 2.40. The third-order valence-electron chi connectivity index (χ3n) is 4.72. The summed E-state index contributed by atoms with van der Waals surface area (Å²) in [4.78, 5) is 23.2. The number of fused-ring (bicyclic) bond motifs is 2. The summed E-state index contributed by atoms with van der Waals surface area (Å²) in [5.74, 6) is 2.30. The Hall–Kier alpha value is -1.06. The monoisotopic (exact) mass is 236 g/mol. The van der Waals surface area contributed by atoms with Crippen LogP contribution in [0, 0.1) is 17.8 Å². The molecule has 3 aliphatic rings. The van der Waals surface area contributed by atoms with Crippen molar-refractivity contribution < 1.29 is 9.59 Å². The zero-order valence-corrected chi connectivity index (χ0v) is 10.1. The van der Waals surface area contributed by atoms with E-state index in [1.165, 1.54) is 25.7 Å². The summed E-state index contributed by atoms with van der Waals surface area (Å²) >= 11 is 0. The molecule has 4 nitrogen and oxygen atoms in total. The molecule has 3 rings (SSSR count). The van der Waals surface area contributed by atoms with Crippen LogP contribution in [0.2, 0.25) is 0 Å². The van der Waals surface area contributed by atoms with Crippen molar-refractivity contribution in [1.82, 2.24) is 10.6 Å². The second kappa shape index (κ2) is 4.31. The topological polar surface area (TPSA) is 58.2 Å². The molecule has 0 radical (unpaired) electrons. The van der Waals surface area contributed by atoms with Crippen molar-refractivity contribution in [3.8, 4) is 0 Å². The van der Waals surface area contributed by atoms with Crippen molar-refractivity contribution in [2.45, 2.75) is 44.6 Å². The Kier molecular flexibility index (Phi) is 2.81. The third-order valence-corrected chi connectivity index (χ3v) is 4.72. The van der Waals surface area contributed by atoms with Crippen molar-refractivity contribution >= 4 is 11.8 Å². The SMILES string of the molecule is O=C(CC1CC2CCC1C2)NC1CCNC1=O. The maximum absolute atomic E-state index is 11.9. The first-order valence-electron chi connectivity index (χ1n) is 6.79. The third kappa shape index (κ3) is 2.17. The fourth-order valence-electron chi connectivity index (χ4n) is 3.85. The van der Waals surface area contributed by atoms with Crippen molar-refractivity contribution in [2.75, 3.05) is 6.54 Å². The number of nitrogens with one attached hydrogen (secondary N) is 2. The second-order valence-corrected chi connectivity index (χ2v) is 5.84. The molecule has 1 aliphatic heterocycles. The molecule has 2 aliphatic carbocycles. The summed E-state index contributed by atoms with van der Waals surface area (Å²) in [6.07, 6.45) is 6.61. The van der Waals surface area contributed by atoms with Gasteiger partial charge in [0, 0.05) is 13.0 Å². The van der Waals surface area contributed by atoms with Crippen LogP contribution in [0.5, 0.6) is 0 Å². The molecule has 4 unspecified atom stereocenters. The summed E-state index contributed by atoms with van der Waals surface area (Å²) in [6.45, 7) is 0.692. The minimum Gasteiger partial charge on any atom is -0.354 e. The van der Waals surface area contributed by atoms with Gasteiger partial charge in [-0.2, -0.15) is 0 Å². The summed E-state index contributed by atoms with van der Waals surface area (Å²) in [5.41, 5.74) is 0. The molecule has 2 bridgehead atoms. The van der Waals surface area contributed by atoms with Gasteiger partial charge in [-0.05, 0) is 43.4 Å². The predicted octanol–water partition coefficient (Wildman–Crippen LogP) is 0.817. The number of hydrogen-bond acceptors (Lipinski definition) is 2. The second-order valence-electron chi connectivity index (χ2n) is 5.84. The molecule has 94 valence electrons. The zero-order chi connectivity index (χ0) is 11.8. The summed E-state index contributed by atoms with van der Waals surface area (Å²) < 4.78 is 0. The number of amides is 2. The number of carbonyl (C=O) groups is 2. The Morgan fingerprint density at radius 3 is 2.76 bits per heavy atom. The summed E-state index contributed by atoms with van der Waals surface area (Å²) in [7, 11) is 0. The van der Waals surface area contributed by atoms with E-state index in [9.17, 15) is 9.59 Å². The van der Waals surface area contributed by atoms with Gasteiger partial charge in [0.15, 0.2) is 0 Å². The standard InChI is InChI=1S/C13H20N2O2/c16-12(15-11-3-4-14-13(11)17)7-10-6-8-1-2-9(10)5-8/h8-11H,1-7H2,(H,14,17)(H,15,16). The average Bonchev–Trinajstić information content (AvgIpc) is 2.96. The molecule has 2 N–H and O–H groups in total. The van der Waals surface area contributed by atoms with Crippen LogP contribution in [0.15, 0.2) is 0 Å². The van der Waals surface area contributed by atoms with Crippen LogP contribution >= 0.6 is 0 Å². The van der Waals surface area contributed by atoms with E-state index in [2.05, 4.69) is 10.6 Å². The predicted molar refractivity (Wildman–Crippen MR) is 63.1 cm³/mol. The van der Waals surface area contributed by atoms with Gasteiger partial charge in [0.1, 0.15) is 6.04 Å². The molecular formula is C13H20N2O2. The van der Waals surface area contributed by atoms with Gasteiger partial charge >= 0.3 is 0 Å². The lowest BCUT2D eigenvalue weighted by Gasteiger charge is -2.21. The molecule has 0 aromatic carbocycles. The van der Waals surface area contributed by atoms with Crippen molar-refractivity contribution in [3.63, 3.8) is 0 Å². The lowest BCUT2D eigenvalue weighted by atomic mass is 9.86. The van der Waals surface area contributed by atoms with E-state index in [4.69, 9.17) is 0 Å². The Morgan fingerprint density at radius 2 is 2.18 bits per heavy atom. The normalized spacial score (nSPS) is 39.4. The molecule has 1 heterocycles. The molecule has 0 aromatic heterocycles. The van der Waals surface area contributed by atoms with Crippen molar-refractivity contribution in [2.24, 2.45) is 17.8 Å². The summed E-state index contributed by atoms with van der Waals surface area (Å²) in [5, 5.41) is 5.61. The van der Waals surface area contributed by atoms with Crippen molar-refractivity contribution in [1.29, 1.82) is 0 Å². The fraction of sp³-hybridized carbons (Fsp3) is 0.846. The molecule has 2 saturated carbocycles. The van der Waals surface area contributed by atoms with E-state index in [1.807, 2.05) is 0 Å².